The Bertz CT molecular complexity index is 228. The Morgan fingerprint density at radius 2 is 1.37 bits per heavy atom. The average molecular weight is 294 g/mol. The highest BCUT2D eigenvalue weighted by molar-refractivity contribution is 7.46. The second kappa shape index (κ2) is 11.9. The van der Waals surface area contributed by atoms with E-state index in [1.54, 1.807) is 0 Å². The van der Waals surface area contributed by atoms with E-state index in [1.165, 1.54) is 38.5 Å². The van der Waals surface area contributed by atoms with E-state index in [0.717, 1.165) is 25.7 Å². The molecule has 5 heteroatoms. The molecule has 0 bridgehead atoms. The fraction of sp³-hybridized carbons (Fsp3) is 1.00. The van der Waals surface area contributed by atoms with Crippen LogP contribution in [0.2, 0.25) is 0 Å². The first-order chi connectivity index (χ1) is 8.99. The van der Waals surface area contributed by atoms with E-state index in [9.17, 15) is 4.57 Å². The highest BCUT2D eigenvalue weighted by atomic mass is 31.2. The number of phosphoric acid groups is 1. The molecular formula is C14H31O4P. The van der Waals surface area contributed by atoms with Gasteiger partial charge in [0.1, 0.15) is 0 Å². The summed E-state index contributed by atoms with van der Waals surface area (Å²) >= 11 is 0. The highest BCUT2D eigenvalue weighted by Crippen LogP contribution is 2.37. The molecule has 0 aliphatic carbocycles. The standard InChI is InChI=1S/C14H31O4P/c1-3-5-7-9-11-14(12-10-8-6-4-2)13-18-19(15,16)17/h14H,3-13H2,1-2H3,(H2,15,16,17). The van der Waals surface area contributed by atoms with Gasteiger partial charge in [-0.25, -0.2) is 4.57 Å². The van der Waals surface area contributed by atoms with E-state index < -0.39 is 7.82 Å². The van der Waals surface area contributed by atoms with Crippen molar-refractivity contribution < 1.29 is 18.9 Å². The topological polar surface area (TPSA) is 66.8 Å². The molecule has 19 heavy (non-hydrogen) atoms. The third kappa shape index (κ3) is 14.3. The SMILES string of the molecule is CCCCCCC(CCCCCC)COP(=O)(O)O. The minimum atomic E-state index is -4.31. The Hall–Kier alpha value is 0.110. The van der Waals surface area contributed by atoms with Gasteiger partial charge in [0.15, 0.2) is 0 Å². The van der Waals surface area contributed by atoms with Gasteiger partial charge in [-0.05, 0) is 18.8 Å². The van der Waals surface area contributed by atoms with Crippen molar-refractivity contribution in [2.75, 3.05) is 6.61 Å². The Morgan fingerprint density at radius 1 is 0.895 bits per heavy atom. The molecule has 0 radical (unpaired) electrons. The number of unbranched alkanes of at least 4 members (excludes halogenated alkanes) is 6. The molecule has 0 heterocycles. The zero-order valence-corrected chi connectivity index (χ0v) is 13.4. The zero-order chi connectivity index (χ0) is 14.6. The summed E-state index contributed by atoms with van der Waals surface area (Å²) in [6, 6.07) is 0. The normalized spacial score (nSPS) is 12.3. The summed E-state index contributed by atoms with van der Waals surface area (Å²) < 4.78 is 15.4. The van der Waals surface area contributed by atoms with Crippen LogP contribution in [0.4, 0.5) is 0 Å². The average Bonchev–Trinajstić information content (AvgIpc) is 2.34. The first kappa shape index (κ1) is 19.1. The lowest BCUT2D eigenvalue weighted by Crippen LogP contribution is -2.09. The van der Waals surface area contributed by atoms with Crippen molar-refractivity contribution >= 4 is 7.82 Å². The van der Waals surface area contributed by atoms with Gasteiger partial charge in [0.25, 0.3) is 0 Å². The summed E-state index contributed by atoms with van der Waals surface area (Å²) in [7, 11) is -4.31. The molecule has 0 amide bonds. The Morgan fingerprint density at radius 3 is 1.74 bits per heavy atom. The van der Waals surface area contributed by atoms with Crippen molar-refractivity contribution in [3.8, 4) is 0 Å². The van der Waals surface area contributed by atoms with Gasteiger partial charge in [0.2, 0.25) is 0 Å². The van der Waals surface area contributed by atoms with E-state index in [-0.39, 0.29) is 6.61 Å². The number of hydrogen-bond donors (Lipinski definition) is 2. The van der Waals surface area contributed by atoms with E-state index in [2.05, 4.69) is 18.4 Å². The number of rotatable bonds is 13. The summed E-state index contributed by atoms with van der Waals surface area (Å²) in [5.41, 5.74) is 0. The van der Waals surface area contributed by atoms with Crippen LogP contribution in [0.3, 0.4) is 0 Å². The molecule has 0 unspecified atom stereocenters. The van der Waals surface area contributed by atoms with Crippen molar-refractivity contribution in [1.82, 2.24) is 0 Å². The maximum Gasteiger partial charge on any atom is 0.469 e. The minimum Gasteiger partial charge on any atom is -0.303 e. The minimum absolute atomic E-state index is 0.197. The second-order valence-electron chi connectivity index (χ2n) is 5.35. The zero-order valence-electron chi connectivity index (χ0n) is 12.5. The third-order valence-corrected chi connectivity index (χ3v) is 3.90. The van der Waals surface area contributed by atoms with Crippen LogP contribution < -0.4 is 0 Å². The van der Waals surface area contributed by atoms with Crippen molar-refractivity contribution in [3.63, 3.8) is 0 Å². The molecule has 0 atom stereocenters. The molecule has 2 N–H and O–H groups in total. The molecule has 0 aromatic heterocycles. The van der Waals surface area contributed by atoms with Gasteiger partial charge in [-0.2, -0.15) is 0 Å². The molecule has 0 saturated heterocycles. The monoisotopic (exact) mass is 294 g/mol. The largest absolute Gasteiger partial charge is 0.469 e. The lowest BCUT2D eigenvalue weighted by Gasteiger charge is -2.17. The maximum atomic E-state index is 10.8. The van der Waals surface area contributed by atoms with E-state index >= 15 is 0 Å². The van der Waals surface area contributed by atoms with Crippen LogP contribution in [0.25, 0.3) is 0 Å². The molecule has 0 aromatic rings. The fourth-order valence-corrected chi connectivity index (χ4v) is 2.64. The Kier molecular flexibility index (Phi) is 12.0. The van der Waals surface area contributed by atoms with Gasteiger partial charge in [0.05, 0.1) is 6.61 Å². The Labute approximate surface area is 118 Å². The van der Waals surface area contributed by atoms with Gasteiger partial charge < -0.3 is 9.79 Å². The summed E-state index contributed by atoms with van der Waals surface area (Å²) in [4.78, 5) is 17.5. The maximum absolute atomic E-state index is 10.8. The molecule has 0 aliphatic rings. The van der Waals surface area contributed by atoms with Gasteiger partial charge in [-0.1, -0.05) is 65.2 Å². The van der Waals surface area contributed by atoms with Crippen LogP contribution >= 0.6 is 7.82 Å². The van der Waals surface area contributed by atoms with Gasteiger partial charge >= 0.3 is 7.82 Å². The lowest BCUT2D eigenvalue weighted by atomic mass is 9.95. The molecule has 0 fully saturated rings. The molecular weight excluding hydrogens is 263 g/mol. The van der Waals surface area contributed by atoms with Gasteiger partial charge in [-0.15, -0.1) is 0 Å². The van der Waals surface area contributed by atoms with Gasteiger partial charge in [0, 0.05) is 0 Å². The van der Waals surface area contributed by atoms with Crippen LogP contribution in [0.15, 0.2) is 0 Å². The van der Waals surface area contributed by atoms with E-state index in [1.807, 2.05) is 0 Å². The lowest BCUT2D eigenvalue weighted by molar-refractivity contribution is 0.157. The molecule has 116 valence electrons. The smallest absolute Gasteiger partial charge is 0.303 e. The van der Waals surface area contributed by atoms with Gasteiger partial charge in [-0.3, -0.25) is 4.52 Å². The van der Waals surface area contributed by atoms with Crippen LogP contribution in [0, 0.1) is 5.92 Å². The fourth-order valence-electron chi connectivity index (χ4n) is 2.23. The third-order valence-electron chi connectivity index (χ3n) is 3.41. The molecule has 0 aromatic carbocycles. The van der Waals surface area contributed by atoms with E-state index in [0.29, 0.717) is 5.92 Å². The first-order valence-electron chi connectivity index (χ1n) is 7.69. The van der Waals surface area contributed by atoms with Crippen LogP contribution in [0.5, 0.6) is 0 Å². The second-order valence-corrected chi connectivity index (χ2v) is 6.59. The summed E-state index contributed by atoms with van der Waals surface area (Å²) in [6.07, 6.45) is 11.6. The summed E-state index contributed by atoms with van der Waals surface area (Å²) in [5, 5.41) is 0. The molecule has 0 rings (SSSR count). The molecule has 0 spiro atoms. The van der Waals surface area contributed by atoms with Crippen molar-refractivity contribution in [3.05, 3.63) is 0 Å². The Balaban J connectivity index is 3.89. The van der Waals surface area contributed by atoms with Crippen LogP contribution in [-0.4, -0.2) is 16.4 Å². The predicted octanol–water partition coefficient (Wildman–Crippen LogP) is 4.65. The van der Waals surface area contributed by atoms with Crippen molar-refractivity contribution in [1.29, 1.82) is 0 Å². The molecule has 0 aliphatic heterocycles. The van der Waals surface area contributed by atoms with Crippen molar-refractivity contribution in [2.24, 2.45) is 5.92 Å². The van der Waals surface area contributed by atoms with Crippen LogP contribution in [-0.2, 0) is 9.09 Å². The predicted molar refractivity (Wildman–Crippen MR) is 79.0 cm³/mol. The summed E-state index contributed by atoms with van der Waals surface area (Å²) in [5.74, 6) is 0.293. The quantitative estimate of drug-likeness (QED) is 0.383. The molecule has 0 saturated carbocycles. The highest BCUT2D eigenvalue weighted by Gasteiger charge is 2.17. The number of phosphoric ester groups is 1. The first-order valence-corrected chi connectivity index (χ1v) is 9.22. The summed E-state index contributed by atoms with van der Waals surface area (Å²) in [6.45, 7) is 4.56. The van der Waals surface area contributed by atoms with Crippen LogP contribution in [0.1, 0.15) is 78.1 Å². The molecule has 4 nitrogen and oxygen atoms in total. The van der Waals surface area contributed by atoms with E-state index in [4.69, 9.17) is 9.79 Å². The van der Waals surface area contributed by atoms with Crippen molar-refractivity contribution in [2.45, 2.75) is 78.1 Å². The number of hydrogen-bond acceptors (Lipinski definition) is 2.